The predicted molar refractivity (Wildman–Crippen MR) is 41.4 cm³/mol. The summed E-state index contributed by atoms with van der Waals surface area (Å²) < 4.78 is 0. The Balaban J connectivity index is 2.09. The Morgan fingerprint density at radius 2 is 2.22 bits per heavy atom. The fraction of sp³-hybridized carbons (Fsp3) is 0.778. The highest BCUT2D eigenvalue weighted by Crippen LogP contribution is 2.28. The SMILES string of the molecule is CCC(C)CC=C1CC1. The highest BCUT2D eigenvalue weighted by atomic mass is 14.2. The Morgan fingerprint density at radius 3 is 2.67 bits per heavy atom. The minimum absolute atomic E-state index is 0.901. The van der Waals surface area contributed by atoms with Gasteiger partial charge in [-0.15, -0.1) is 0 Å². The maximum Gasteiger partial charge on any atom is -0.0283 e. The average molecular weight is 124 g/mol. The minimum Gasteiger partial charge on any atom is -0.0850 e. The maximum absolute atomic E-state index is 2.42. The fourth-order valence-electron chi connectivity index (χ4n) is 0.811. The summed E-state index contributed by atoms with van der Waals surface area (Å²) in [6.07, 6.45) is 7.83. The van der Waals surface area contributed by atoms with Gasteiger partial charge in [0.15, 0.2) is 0 Å². The molecule has 0 aromatic heterocycles. The van der Waals surface area contributed by atoms with Crippen LogP contribution in [0.3, 0.4) is 0 Å². The minimum atomic E-state index is 0.901. The van der Waals surface area contributed by atoms with Crippen molar-refractivity contribution in [3.05, 3.63) is 11.6 Å². The van der Waals surface area contributed by atoms with Crippen molar-refractivity contribution >= 4 is 0 Å². The largest absolute Gasteiger partial charge is 0.0850 e. The summed E-state index contributed by atoms with van der Waals surface area (Å²) in [5, 5.41) is 0. The zero-order valence-corrected chi connectivity index (χ0v) is 6.48. The van der Waals surface area contributed by atoms with Crippen LogP contribution in [0, 0.1) is 5.92 Å². The van der Waals surface area contributed by atoms with Crippen molar-refractivity contribution in [1.82, 2.24) is 0 Å². The Labute approximate surface area is 58.0 Å². The Kier molecular flexibility index (Phi) is 2.32. The highest BCUT2D eigenvalue weighted by molar-refractivity contribution is 5.15. The lowest BCUT2D eigenvalue weighted by Crippen LogP contribution is -1.87. The lowest BCUT2D eigenvalue weighted by molar-refractivity contribution is 0.571. The molecule has 1 saturated carbocycles. The summed E-state index contributed by atoms with van der Waals surface area (Å²) in [6.45, 7) is 4.58. The Bertz CT molecular complexity index is 105. The van der Waals surface area contributed by atoms with Gasteiger partial charge >= 0.3 is 0 Å². The van der Waals surface area contributed by atoms with Gasteiger partial charge in [0.25, 0.3) is 0 Å². The second-order valence-electron chi connectivity index (χ2n) is 3.11. The maximum atomic E-state index is 2.42. The van der Waals surface area contributed by atoms with Crippen LogP contribution in [0.25, 0.3) is 0 Å². The van der Waals surface area contributed by atoms with Crippen LogP contribution in [0.15, 0.2) is 11.6 Å². The van der Waals surface area contributed by atoms with E-state index in [1.54, 1.807) is 5.57 Å². The van der Waals surface area contributed by atoms with Crippen LogP contribution in [0.1, 0.15) is 39.5 Å². The van der Waals surface area contributed by atoms with E-state index in [0.29, 0.717) is 0 Å². The zero-order chi connectivity index (χ0) is 6.69. The van der Waals surface area contributed by atoms with Crippen LogP contribution < -0.4 is 0 Å². The molecule has 52 valence electrons. The van der Waals surface area contributed by atoms with Gasteiger partial charge in [-0.2, -0.15) is 0 Å². The molecule has 0 aliphatic heterocycles. The Hall–Kier alpha value is -0.260. The molecule has 0 aromatic carbocycles. The van der Waals surface area contributed by atoms with E-state index in [9.17, 15) is 0 Å². The van der Waals surface area contributed by atoms with Gasteiger partial charge in [0, 0.05) is 0 Å². The van der Waals surface area contributed by atoms with Crippen molar-refractivity contribution < 1.29 is 0 Å². The van der Waals surface area contributed by atoms with Gasteiger partial charge in [0.1, 0.15) is 0 Å². The van der Waals surface area contributed by atoms with Crippen molar-refractivity contribution in [3.63, 3.8) is 0 Å². The number of hydrogen-bond donors (Lipinski definition) is 0. The van der Waals surface area contributed by atoms with Crippen molar-refractivity contribution in [2.75, 3.05) is 0 Å². The van der Waals surface area contributed by atoms with E-state index < -0.39 is 0 Å². The third-order valence-corrected chi connectivity index (χ3v) is 2.04. The molecule has 0 bridgehead atoms. The average Bonchev–Trinajstić information content (AvgIpc) is 2.65. The first-order chi connectivity index (χ1) is 4.33. The van der Waals surface area contributed by atoms with E-state index in [2.05, 4.69) is 19.9 Å². The topological polar surface area (TPSA) is 0 Å². The standard InChI is InChI=1S/C9H16/c1-3-8(2)4-5-9-6-7-9/h5,8H,3-4,6-7H2,1-2H3. The first-order valence-corrected chi connectivity index (χ1v) is 4.00. The molecule has 0 N–H and O–H groups in total. The third kappa shape index (κ3) is 2.69. The van der Waals surface area contributed by atoms with Crippen molar-refractivity contribution in [3.8, 4) is 0 Å². The summed E-state index contributed by atoms with van der Waals surface area (Å²) in [7, 11) is 0. The highest BCUT2D eigenvalue weighted by Gasteiger charge is 2.09. The molecular formula is C9H16. The summed E-state index contributed by atoms with van der Waals surface area (Å²) in [4.78, 5) is 0. The predicted octanol–water partition coefficient (Wildman–Crippen LogP) is 3.14. The number of allylic oxidation sites excluding steroid dienone is 2. The van der Waals surface area contributed by atoms with Crippen LogP contribution in [-0.4, -0.2) is 0 Å². The van der Waals surface area contributed by atoms with Crippen molar-refractivity contribution in [2.24, 2.45) is 5.92 Å². The lowest BCUT2D eigenvalue weighted by atomic mass is 10.1. The molecule has 0 aromatic rings. The zero-order valence-electron chi connectivity index (χ0n) is 6.48. The molecule has 1 rings (SSSR count). The molecule has 1 atom stereocenters. The van der Waals surface area contributed by atoms with Crippen LogP contribution in [0.5, 0.6) is 0 Å². The third-order valence-electron chi connectivity index (χ3n) is 2.04. The quantitative estimate of drug-likeness (QED) is 0.507. The molecule has 1 unspecified atom stereocenters. The molecule has 1 aliphatic rings. The van der Waals surface area contributed by atoms with Gasteiger partial charge in [-0.05, 0) is 25.2 Å². The van der Waals surface area contributed by atoms with Crippen molar-refractivity contribution in [1.29, 1.82) is 0 Å². The van der Waals surface area contributed by atoms with Gasteiger partial charge < -0.3 is 0 Å². The monoisotopic (exact) mass is 124 g/mol. The second kappa shape index (κ2) is 3.05. The van der Waals surface area contributed by atoms with E-state index in [1.165, 1.54) is 25.7 Å². The molecule has 9 heavy (non-hydrogen) atoms. The Morgan fingerprint density at radius 1 is 1.56 bits per heavy atom. The molecule has 1 fully saturated rings. The van der Waals surface area contributed by atoms with E-state index in [0.717, 1.165) is 5.92 Å². The van der Waals surface area contributed by atoms with Crippen LogP contribution in [-0.2, 0) is 0 Å². The summed E-state index contributed by atoms with van der Waals surface area (Å²) in [6, 6.07) is 0. The fourth-order valence-corrected chi connectivity index (χ4v) is 0.811. The molecule has 0 spiro atoms. The normalized spacial score (nSPS) is 19.6. The van der Waals surface area contributed by atoms with E-state index in [1.807, 2.05) is 0 Å². The first-order valence-electron chi connectivity index (χ1n) is 4.00. The summed E-state index contributed by atoms with van der Waals surface area (Å²) in [5.41, 5.74) is 1.69. The number of hydrogen-bond acceptors (Lipinski definition) is 0. The van der Waals surface area contributed by atoms with E-state index >= 15 is 0 Å². The molecule has 0 heteroatoms. The molecule has 0 amide bonds. The van der Waals surface area contributed by atoms with Gasteiger partial charge in [-0.25, -0.2) is 0 Å². The molecule has 0 saturated heterocycles. The smallest absolute Gasteiger partial charge is 0.0283 e. The van der Waals surface area contributed by atoms with Crippen LogP contribution in [0.2, 0.25) is 0 Å². The molecule has 0 nitrogen and oxygen atoms in total. The van der Waals surface area contributed by atoms with E-state index in [-0.39, 0.29) is 0 Å². The van der Waals surface area contributed by atoms with Crippen LogP contribution >= 0.6 is 0 Å². The van der Waals surface area contributed by atoms with Crippen LogP contribution in [0.4, 0.5) is 0 Å². The molecular weight excluding hydrogens is 108 g/mol. The molecule has 0 heterocycles. The summed E-state index contributed by atoms with van der Waals surface area (Å²) >= 11 is 0. The van der Waals surface area contributed by atoms with Gasteiger partial charge in [0.05, 0.1) is 0 Å². The lowest BCUT2D eigenvalue weighted by Gasteiger charge is -2.01. The second-order valence-corrected chi connectivity index (χ2v) is 3.11. The van der Waals surface area contributed by atoms with E-state index in [4.69, 9.17) is 0 Å². The number of rotatable bonds is 3. The summed E-state index contributed by atoms with van der Waals surface area (Å²) in [5.74, 6) is 0.901. The molecule has 1 aliphatic carbocycles. The van der Waals surface area contributed by atoms with Crippen molar-refractivity contribution in [2.45, 2.75) is 39.5 Å². The first kappa shape index (κ1) is 6.85. The van der Waals surface area contributed by atoms with Gasteiger partial charge in [0.2, 0.25) is 0 Å². The molecule has 0 radical (unpaired) electrons. The van der Waals surface area contributed by atoms with Gasteiger partial charge in [-0.3, -0.25) is 0 Å². The van der Waals surface area contributed by atoms with Gasteiger partial charge in [-0.1, -0.05) is 31.9 Å².